The number of benzene rings is 2. The van der Waals surface area contributed by atoms with Crippen molar-refractivity contribution in [1.82, 2.24) is 0 Å². The van der Waals surface area contributed by atoms with E-state index in [1.165, 1.54) is 12.1 Å². The van der Waals surface area contributed by atoms with E-state index in [1.54, 1.807) is 13.2 Å². The summed E-state index contributed by atoms with van der Waals surface area (Å²) in [4.78, 5) is 0. The quantitative estimate of drug-likeness (QED) is 0.641. The summed E-state index contributed by atoms with van der Waals surface area (Å²) in [6.45, 7) is 0. The smallest absolute Gasteiger partial charge is 0.157 e. The van der Waals surface area contributed by atoms with Gasteiger partial charge in [0.1, 0.15) is 5.75 Å². The highest BCUT2D eigenvalue weighted by Crippen LogP contribution is 2.25. The Balaban J connectivity index is 2.21. The van der Waals surface area contributed by atoms with E-state index >= 15 is 0 Å². The highest BCUT2D eigenvalue weighted by molar-refractivity contribution is 5.71. The van der Waals surface area contributed by atoms with E-state index in [4.69, 9.17) is 4.74 Å². The molecule has 0 bridgehead atoms. The van der Waals surface area contributed by atoms with Crippen LogP contribution < -0.4 is 4.74 Å². The lowest BCUT2D eigenvalue weighted by molar-refractivity contribution is 0.403. The SMILES string of the molecule is COc1cccc(C=Cc2ccc(O)c(O)c2)c1. The molecule has 92 valence electrons. The van der Waals surface area contributed by atoms with E-state index in [0.717, 1.165) is 16.9 Å². The van der Waals surface area contributed by atoms with Crippen LogP contribution in [0.5, 0.6) is 17.2 Å². The maximum atomic E-state index is 9.38. The number of phenols is 2. The molecule has 0 aliphatic carbocycles. The van der Waals surface area contributed by atoms with Gasteiger partial charge < -0.3 is 14.9 Å². The van der Waals surface area contributed by atoms with Crippen LogP contribution in [0.15, 0.2) is 42.5 Å². The molecule has 0 atom stereocenters. The number of ether oxygens (including phenoxy) is 1. The predicted molar refractivity (Wildman–Crippen MR) is 71.7 cm³/mol. The van der Waals surface area contributed by atoms with Crippen LogP contribution in [-0.4, -0.2) is 17.3 Å². The van der Waals surface area contributed by atoms with E-state index in [9.17, 15) is 10.2 Å². The molecule has 0 spiro atoms. The zero-order valence-corrected chi connectivity index (χ0v) is 10.00. The van der Waals surface area contributed by atoms with Crippen LogP contribution in [-0.2, 0) is 0 Å². The first-order chi connectivity index (χ1) is 8.69. The first kappa shape index (κ1) is 12.0. The van der Waals surface area contributed by atoms with Gasteiger partial charge >= 0.3 is 0 Å². The summed E-state index contributed by atoms with van der Waals surface area (Å²) in [6, 6.07) is 12.4. The number of aromatic hydroxyl groups is 2. The van der Waals surface area contributed by atoms with Crippen molar-refractivity contribution < 1.29 is 14.9 Å². The fraction of sp³-hybridized carbons (Fsp3) is 0.0667. The molecule has 0 radical (unpaired) electrons. The van der Waals surface area contributed by atoms with Crippen molar-refractivity contribution in [2.75, 3.05) is 7.11 Å². The summed E-state index contributed by atoms with van der Waals surface area (Å²) in [7, 11) is 1.63. The monoisotopic (exact) mass is 242 g/mol. The largest absolute Gasteiger partial charge is 0.504 e. The molecule has 0 amide bonds. The molecule has 2 aromatic carbocycles. The van der Waals surface area contributed by atoms with Crippen LogP contribution >= 0.6 is 0 Å². The molecule has 2 rings (SSSR count). The van der Waals surface area contributed by atoms with Gasteiger partial charge in [-0.2, -0.15) is 0 Å². The Morgan fingerprint density at radius 3 is 2.28 bits per heavy atom. The third-order valence-corrected chi connectivity index (χ3v) is 2.56. The number of rotatable bonds is 3. The molecule has 18 heavy (non-hydrogen) atoms. The first-order valence-electron chi connectivity index (χ1n) is 5.53. The lowest BCUT2D eigenvalue weighted by atomic mass is 10.1. The molecule has 2 N–H and O–H groups in total. The number of methoxy groups -OCH3 is 1. The van der Waals surface area contributed by atoms with Gasteiger partial charge in [-0.15, -0.1) is 0 Å². The summed E-state index contributed by atoms with van der Waals surface area (Å²) in [6.07, 6.45) is 3.77. The molecule has 0 saturated carbocycles. The van der Waals surface area contributed by atoms with Gasteiger partial charge in [0.2, 0.25) is 0 Å². The standard InChI is InChI=1S/C15H14O3/c1-18-13-4-2-3-11(9-13)5-6-12-7-8-14(16)15(17)10-12/h2-10,16-17H,1H3. The summed E-state index contributed by atoms with van der Waals surface area (Å²) in [5.74, 6) is 0.557. The van der Waals surface area contributed by atoms with E-state index in [-0.39, 0.29) is 11.5 Å². The molecule has 0 heterocycles. The summed E-state index contributed by atoms with van der Waals surface area (Å²) in [5.41, 5.74) is 1.81. The van der Waals surface area contributed by atoms with Crippen LogP contribution in [0.4, 0.5) is 0 Å². The molecule has 0 aliphatic heterocycles. The third kappa shape index (κ3) is 2.83. The minimum absolute atomic E-state index is 0.117. The maximum Gasteiger partial charge on any atom is 0.157 e. The average molecular weight is 242 g/mol. The van der Waals surface area contributed by atoms with Crippen molar-refractivity contribution in [1.29, 1.82) is 0 Å². The van der Waals surface area contributed by atoms with Crippen LogP contribution in [0.25, 0.3) is 12.2 Å². The van der Waals surface area contributed by atoms with E-state index in [0.29, 0.717) is 0 Å². The van der Waals surface area contributed by atoms with Gasteiger partial charge in [0.25, 0.3) is 0 Å². The minimum Gasteiger partial charge on any atom is -0.504 e. The van der Waals surface area contributed by atoms with E-state index in [1.807, 2.05) is 36.4 Å². The molecule has 3 nitrogen and oxygen atoms in total. The van der Waals surface area contributed by atoms with Gasteiger partial charge in [-0.05, 0) is 35.4 Å². The summed E-state index contributed by atoms with van der Waals surface area (Å²) < 4.78 is 5.13. The molecule has 0 aromatic heterocycles. The number of phenolic OH excluding ortho intramolecular Hbond substituents is 2. The Hall–Kier alpha value is -2.42. The van der Waals surface area contributed by atoms with Gasteiger partial charge in [0.05, 0.1) is 7.11 Å². The van der Waals surface area contributed by atoms with E-state index in [2.05, 4.69) is 0 Å². The van der Waals surface area contributed by atoms with Crippen molar-refractivity contribution in [3.63, 3.8) is 0 Å². The topological polar surface area (TPSA) is 49.7 Å². The number of hydrogen-bond donors (Lipinski definition) is 2. The molecule has 3 heteroatoms. The van der Waals surface area contributed by atoms with Gasteiger partial charge in [-0.1, -0.05) is 30.4 Å². The fourth-order valence-corrected chi connectivity index (χ4v) is 1.58. The Kier molecular flexibility index (Phi) is 3.53. The van der Waals surface area contributed by atoms with Crippen LogP contribution in [0.3, 0.4) is 0 Å². The summed E-state index contributed by atoms with van der Waals surface area (Å²) >= 11 is 0. The highest BCUT2D eigenvalue weighted by atomic mass is 16.5. The van der Waals surface area contributed by atoms with Gasteiger partial charge in [-0.3, -0.25) is 0 Å². The summed E-state index contributed by atoms with van der Waals surface area (Å²) in [5, 5.41) is 18.6. The second-order valence-corrected chi connectivity index (χ2v) is 3.86. The van der Waals surface area contributed by atoms with Gasteiger partial charge in [0.15, 0.2) is 11.5 Å². The second kappa shape index (κ2) is 5.27. The lowest BCUT2D eigenvalue weighted by Crippen LogP contribution is -1.82. The molecular formula is C15H14O3. The molecule has 2 aromatic rings. The highest BCUT2D eigenvalue weighted by Gasteiger charge is 1.98. The predicted octanol–water partition coefficient (Wildman–Crippen LogP) is 3.28. The van der Waals surface area contributed by atoms with Crippen molar-refractivity contribution in [2.24, 2.45) is 0 Å². The van der Waals surface area contributed by atoms with Crippen LogP contribution in [0.1, 0.15) is 11.1 Å². The zero-order valence-electron chi connectivity index (χ0n) is 10.00. The molecular weight excluding hydrogens is 228 g/mol. The Morgan fingerprint density at radius 1 is 0.889 bits per heavy atom. The van der Waals surface area contributed by atoms with Crippen molar-refractivity contribution in [3.8, 4) is 17.2 Å². The molecule has 0 fully saturated rings. The normalized spacial score (nSPS) is 10.7. The second-order valence-electron chi connectivity index (χ2n) is 3.86. The minimum atomic E-state index is -0.122. The van der Waals surface area contributed by atoms with Crippen LogP contribution in [0, 0.1) is 0 Å². The van der Waals surface area contributed by atoms with Gasteiger partial charge in [0, 0.05) is 0 Å². The fourth-order valence-electron chi connectivity index (χ4n) is 1.58. The molecule has 0 aliphatic rings. The Bertz CT molecular complexity index is 574. The van der Waals surface area contributed by atoms with Crippen molar-refractivity contribution >= 4 is 12.2 Å². The Labute approximate surface area is 106 Å². The zero-order chi connectivity index (χ0) is 13.0. The average Bonchev–Trinajstić information content (AvgIpc) is 2.40. The van der Waals surface area contributed by atoms with Crippen molar-refractivity contribution in [3.05, 3.63) is 53.6 Å². The Morgan fingerprint density at radius 2 is 1.61 bits per heavy atom. The van der Waals surface area contributed by atoms with Crippen molar-refractivity contribution in [2.45, 2.75) is 0 Å². The maximum absolute atomic E-state index is 9.38. The molecule has 0 unspecified atom stereocenters. The molecule has 0 saturated heterocycles. The third-order valence-electron chi connectivity index (χ3n) is 2.56. The van der Waals surface area contributed by atoms with Gasteiger partial charge in [-0.25, -0.2) is 0 Å². The van der Waals surface area contributed by atoms with Crippen LogP contribution in [0.2, 0.25) is 0 Å². The first-order valence-corrected chi connectivity index (χ1v) is 5.53. The number of hydrogen-bond acceptors (Lipinski definition) is 3. The lowest BCUT2D eigenvalue weighted by Gasteiger charge is -2.01. The van der Waals surface area contributed by atoms with E-state index < -0.39 is 0 Å².